The zero-order valence-electron chi connectivity index (χ0n) is 11.5. The highest BCUT2D eigenvalue weighted by Gasteiger charge is 2.03. The fourth-order valence-corrected chi connectivity index (χ4v) is 3.35. The number of hydrogen-bond donors (Lipinski definition) is 1. The number of thiazole rings is 1. The third kappa shape index (κ3) is 2.44. The Morgan fingerprint density at radius 3 is 2.90 bits per heavy atom. The molecule has 2 aromatic heterocycles. The highest BCUT2D eigenvalue weighted by Crippen LogP contribution is 2.18. The van der Waals surface area contributed by atoms with Gasteiger partial charge in [0, 0.05) is 30.9 Å². The third-order valence-corrected chi connectivity index (χ3v) is 4.42. The molecule has 0 aliphatic rings. The van der Waals surface area contributed by atoms with Crippen molar-refractivity contribution in [3.8, 4) is 0 Å². The van der Waals surface area contributed by atoms with Crippen LogP contribution in [0.15, 0.2) is 60.2 Å². The van der Waals surface area contributed by atoms with Crippen LogP contribution in [0.4, 0.5) is 0 Å². The summed E-state index contributed by atoms with van der Waals surface area (Å²) in [7, 11) is 0. The van der Waals surface area contributed by atoms with Crippen LogP contribution < -0.4 is 5.32 Å². The standard InChI is InChI=1S/C17H15N3S/c1-2-7-16-13(4-1)5-3-6-14(16)10-18-11-15-12-20-8-9-21-17(20)19-15/h1-9,12,18H,10-11H2. The average Bonchev–Trinajstić information content (AvgIpc) is 3.09. The van der Waals surface area contributed by atoms with Gasteiger partial charge in [-0.1, -0.05) is 42.5 Å². The molecule has 2 aromatic carbocycles. The Labute approximate surface area is 126 Å². The van der Waals surface area contributed by atoms with Gasteiger partial charge in [-0.2, -0.15) is 0 Å². The Bertz CT molecular complexity index is 857. The third-order valence-electron chi connectivity index (χ3n) is 3.64. The molecule has 0 unspecified atom stereocenters. The van der Waals surface area contributed by atoms with Crippen LogP contribution in [0.25, 0.3) is 15.7 Å². The smallest absolute Gasteiger partial charge is 0.193 e. The second kappa shape index (κ2) is 5.31. The van der Waals surface area contributed by atoms with Crippen molar-refractivity contribution in [2.24, 2.45) is 0 Å². The monoisotopic (exact) mass is 293 g/mol. The molecular weight excluding hydrogens is 278 g/mol. The number of benzene rings is 2. The minimum atomic E-state index is 0.789. The van der Waals surface area contributed by atoms with E-state index in [4.69, 9.17) is 0 Å². The molecule has 0 radical (unpaired) electrons. The van der Waals surface area contributed by atoms with Crippen LogP contribution >= 0.6 is 11.3 Å². The number of nitrogens with one attached hydrogen (secondary N) is 1. The number of nitrogens with zero attached hydrogens (tertiary/aromatic N) is 2. The molecule has 0 saturated carbocycles. The van der Waals surface area contributed by atoms with Crippen LogP contribution in [-0.4, -0.2) is 9.38 Å². The number of rotatable bonds is 4. The molecule has 4 rings (SSSR count). The van der Waals surface area contributed by atoms with Crippen LogP contribution in [0.1, 0.15) is 11.3 Å². The van der Waals surface area contributed by atoms with Crippen molar-refractivity contribution in [3.05, 3.63) is 71.5 Å². The highest BCUT2D eigenvalue weighted by atomic mass is 32.1. The Kier molecular flexibility index (Phi) is 3.18. The SMILES string of the molecule is c1ccc2c(CNCc3cn4ccsc4n3)cccc2c1. The lowest BCUT2D eigenvalue weighted by atomic mass is 10.0. The largest absolute Gasteiger partial charge is 0.307 e. The molecule has 21 heavy (non-hydrogen) atoms. The summed E-state index contributed by atoms with van der Waals surface area (Å²) in [6.07, 6.45) is 4.13. The maximum Gasteiger partial charge on any atom is 0.193 e. The topological polar surface area (TPSA) is 29.3 Å². The quantitative estimate of drug-likeness (QED) is 0.619. The number of aromatic nitrogens is 2. The van der Waals surface area contributed by atoms with E-state index in [1.807, 2.05) is 6.20 Å². The Morgan fingerprint density at radius 2 is 1.95 bits per heavy atom. The highest BCUT2D eigenvalue weighted by molar-refractivity contribution is 7.15. The van der Waals surface area contributed by atoms with E-state index in [2.05, 4.69) is 68.7 Å². The van der Waals surface area contributed by atoms with Gasteiger partial charge in [0.05, 0.1) is 5.69 Å². The van der Waals surface area contributed by atoms with Gasteiger partial charge >= 0.3 is 0 Å². The van der Waals surface area contributed by atoms with E-state index in [1.54, 1.807) is 11.3 Å². The summed E-state index contributed by atoms with van der Waals surface area (Å²) in [5, 5.41) is 8.15. The van der Waals surface area contributed by atoms with Crippen molar-refractivity contribution < 1.29 is 0 Å². The van der Waals surface area contributed by atoms with Gasteiger partial charge in [0.25, 0.3) is 0 Å². The Morgan fingerprint density at radius 1 is 1.05 bits per heavy atom. The Hall–Kier alpha value is -2.17. The minimum Gasteiger partial charge on any atom is -0.307 e. The zero-order chi connectivity index (χ0) is 14.1. The normalized spacial score (nSPS) is 11.4. The van der Waals surface area contributed by atoms with Gasteiger partial charge in [-0.3, -0.25) is 4.40 Å². The molecular formula is C17H15N3S. The maximum atomic E-state index is 4.59. The molecule has 0 aliphatic heterocycles. The van der Waals surface area contributed by atoms with E-state index in [-0.39, 0.29) is 0 Å². The second-order valence-corrected chi connectivity index (χ2v) is 5.94. The zero-order valence-corrected chi connectivity index (χ0v) is 12.3. The van der Waals surface area contributed by atoms with Gasteiger partial charge in [-0.25, -0.2) is 4.98 Å². The predicted molar refractivity (Wildman–Crippen MR) is 87.6 cm³/mol. The fourth-order valence-electron chi connectivity index (χ4n) is 2.63. The summed E-state index contributed by atoms with van der Waals surface area (Å²) in [6, 6.07) is 15.0. The van der Waals surface area contributed by atoms with E-state index in [1.165, 1.54) is 16.3 Å². The van der Waals surface area contributed by atoms with Gasteiger partial charge in [0.15, 0.2) is 4.96 Å². The molecule has 1 N–H and O–H groups in total. The molecule has 0 saturated heterocycles. The van der Waals surface area contributed by atoms with E-state index in [0.29, 0.717) is 0 Å². The van der Waals surface area contributed by atoms with Crippen LogP contribution in [0, 0.1) is 0 Å². The van der Waals surface area contributed by atoms with Gasteiger partial charge in [0.1, 0.15) is 0 Å². The first-order chi connectivity index (χ1) is 10.4. The van der Waals surface area contributed by atoms with Crippen LogP contribution in [0.2, 0.25) is 0 Å². The van der Waals surface area contributed by atoms with Gasteiger partial charge in [0.2, 0.25) is 0 Å². The molecule has 0 aliphatic carbocycles. The average molecular weight is 293 g/mol. The maximum absolute atomic E-state index is 4.59. The molecule has 0 fully saturated rings. The summed E-state index contributed by atoms with van der Waals surface area (Å²) in [4.78, 5) is 5.64. The van der Waals surface area contributed by atoms with Crippen molar-refractivity contribution in [1.82, 2.24) is 14.7 Å². The van der Waals surface area contributed by atoms with E-state index in [0.717, 1.165) is 23.7 Å². The summed E-state index contributed by atoms with van der Waals surface area (Å²) in [5.41, 5.74) is 2.41. The van der Waals surface area contributed by atoms with Gasteiger partial charge in [-0.15, -0.1) is 11.3 Å². The molecule has 3 nitrogen and oxygen atoms in total. The lowest BCUT2D eigenvalue weighted by Crippen LogP contribution is -2.13. The molecule has 0 amide bonds. The molecule has 0 atom stereocenters. The first-order valence-corrected chi connectivity index (χ1v) is 7.86. The number of fused-ring (bicyclic) bond motifs is 2. The number of imidazole rings is 1. The van der Waals surface area contributed by atoms with Crippen LogP contribution in [-0.2, 0) is 13.1 Å². The van der Waals surface area contributed by atoms with Crippen LogP contribution in [0.3, 0.4) is 0 Å². The van der Waals surface area contributed by atoms with Crippen LogP contribution in [0.5, 0.6) is 0 Å². The summed E-state index contributed by atoms with van der Waals surface area (Å²) >= 11 is 1.66. The van der Waals surface area contributed by atoms with Crippen molar-refractivity contribution in [1.29, 1.82) is 0 Å². The summed E-state index contributed by atoms with van der Waals surface area (Å²) in [6.45, 7) is 1.64. The van der Waals surface area contributed by atoms with E-state index >= 15 is 0 Å². The lowest BCUT2D eigenvalue weighted by molar-refractivity contribution is 0.686. The first-order valence-electron chi connectivity index (χ1n) is 6.98. The van der Waals surface area contributed by atoms with E-state index < -0.39 is 0 Å². The molecule has 4 heteroatoms. The fraction of sp³-hybridized carbons (Fsp3) is 0.118. The van der Waals surface area contributed by atoms with E-state index in [9.17, 15) is 0 Å². The predicted octanol–water partition coefficient (Wildman–Crippen LogP) is 3.84. The van der Waals surface area contributed by atoms with Crippen molar-refractivity contribution in [3.63, 3.8) is 0 Å². The van der Waals surface area contributed by atoms with Crippen molar-refractivity contribution >= 4 is 27.1 Å². The summed E-state index contributed by atoms with van der Waals surface area (Å²) in [5.74, 6) is 0. The molecule has 0 bridgehead atoms. The molecule has 104 valence electrons. The summed E-state index contributed by atoms with van der Waals surface area (Å²) < 4.78 is 2.07. The van der Waals surface area contributed by atoms with Gasteiger partial charge in [-0.05, 0) is 16.3 Å². The molecule has 4 aromatic rings. The van der Waals surface area contributed by atoms with Crippen molar-refractivity contribution in [2.75, 3.05) is 0 Å². The second-order valence-electron chi connectivity index (χ2n) is 5.07. The molecule has 2 heterocycles. The first kappa shape index (κ1) is 12.6. The lowest BCUT2D eigenvalue weighted by Gasteiger charge is -2.07. The minimum absolute atomic E-state index is 0.789. The molecule has 0 spiro atoms. The number of hydrogen-bond acceptors (Lipinski definition) is 3. The van der Waals surface area contributed by atoms with Gasteiger partial charge < -0.3 is 5.32 Å². The van der Waals surface area contributed by atoms with Crippen molar-refractivity contribution in [2.45, 2.75) is 13.1 Å². The Balaban J connectivity index is 1.49.